The highest BCUT2D eigenvalue weighted by Gasteiger charge is 2.43. The standard InChI is InChI=1S/C16H19BrO2/c1-2-19-15-6-5-12(17)9-14(15)16(18)13-8-10-3-4-11(13)7-10/h5-6,9-11,13H,2-4,7-8H2,1H3. The molecular formula is C16H19BrO2. The van der Waals surface area contributed by atoms with E-state index >= 15 is 0 Å². The lowest BCUT2D eigenvalue weighted by molar-refractivity contribution is 0.0870. The van der Waals surface area contributed by atoms with Gasteiger partial charge in [0.05, 0.1) is 12.2 Å². The van der Waals surface area contributed by atoms with Gasteiger partial charge in [-0.25, -0.2) is 0 Å². The number of fused-ring (bicyclic) bond motifs is 2. The molecule has 0 radical (unpaired) electrons. The van der Waals surface area contributed by atoms with Crippen LogP contribution in [-0.4, -0.2) is 12.4 Å². The van der Waals surface area contributed by atoms with Gasteiger partial charge in [-0.1, -0.05) is 22.4 Å². The van der Waals surface area contributed by atoms with Crippen molar-refractivity contribution in [2.24, 2.45) is 17.8 Å². The molecule has 0 saturated heterocycles. The maximum atomic E-state index is 12.8. The van der Waals surface area contributed by atoms with Crippen molar-refractivity contribution in [3.05, 3.63) is 28.2 Å². The minimum absolute atomic E-state index is 0.229. The fraction of sp³-hybridized carbons (Fsp3) is 0.562. The summed E-state index contributed by atoms with van der Waals surface area (Å²) in [6.07, 6.45) is 4.90. The van der Waals surface area contributed by atoms with Crippen molar-refractivity contribution in [3.8, 4) is 5.75 Å². The summed E-state index contributed by atoms with van der Waals surface area (Å²) in [6, 6.07) is 5.75. The van der Waals surface area contributed by atoms with E-state index in [-0.39, 0.29) is 11.7 Å². The van der Waals surface area contributed by atoms with Crippen LogP contribution in [0.1, 0.15) is 43.0 Å². The Labute approximate surface area is 122 Å². The van der Waals surface area contributed by atoms with Crippen LogP contribution in [0.4, 0.5) is 0 Å². The van der Waals surface area contributed by atoms with Gasteiger partial charge in [0.1, 0.15) is 5.75 Å². The molecule has 1 aromatic rings. The van der Waals surface area contributed by atoms with Crippen LogP contribution in [0.3, 0.4) is 0 Å². The van der Waals surface area contributed by atoms with Crippen molar-refractivity contribution >= 4 is 21.7 Å². The monoisotopic (exact) mass is 322 g/mol. The Hall–Kier alpha value is -0.830. The van der Waals surface area contributed by atoms with Crippen molar-refractivity contribution in [2.75, 3.05) is 6.61 Å². The van der Waals surface area contributed by atoms with Crippen LogP contribution in [0.15, 0.2) is 22.7 Å². The van der Waals surface area contributed by atoms with Crippen LogP contribution in [0.5, 0.6) is 5.75 Å². The summed E-state index contributed by atoms with van der Waals surface area (Å²) in [6.45, 7) is 2.55. The molecule has 2 aliphatic rings. The Morgan fingerprint density at radius 2 is 2.21 bits per heavy atom. The van der Waals surface area contributed by atoms with Gasteiger partial charge in [-0.15, -0.1) is 0 Å². The molecule has 3 atom stereocenters. The van der Waals surface area contributed by atoms with Gasteiger partial charge in [-0.3, -0.25) is 4.79 Å². The Morgan fingerprint density at radius 3 is 2.84 bits per heavy atom. The van der Waals surface area contributed by atoms with Crippen LogP contribution in [-0.2, 0) is 0 Å². The third-order valence-corrected chi connectivity index (χ3v) is 5.08. The average Bonchev–Trinajstić information content (AvgIpc) is 3.02. The van der Waals surface area contributed by atoms with Gasteiger partial charge in [-0.2, -0.15) is 0 Å². The molecule has 0 amide bonds. The van der Waals surface area contributed by atoms with Gasteiger partial charge in [0.15, 0.2) is 5.78 Å². The van der Waals surface area contributed by atoms with Gasteiger partial charge >= 0.3 is 0 Å². The van der Waals surface area contributed by atoms with Crippen molar-refractivity contribution in [1.29, 1.82) is 0 Å². The van der Waals surface area contributed by atoms with Crippen molar-refractivity contribution in [2.45, 2.75) is 32.6 Å². The minimum Gasteiger partial charge on any atom is -0.493 e. The second kappa shape index (κ2) is 5.28. The summed E-state index contributed by atoms with van der Waals surface area (Å²) in [4.78, 5) is 12.8. The molecule has 2 saturated carbocycles. The van der Waals surface area contributed by atoms with E-state index in [9.17, 15) is 4.79 Å². The third kappa shape index (κ3) is 2.45. The van der Waals surface area contributed by atoms with Crippen LogP contribution < -0.4 is 4.74 Å². The summed E-state index contributed by atoms with van der Waals surface area (Å²) >= 11 is 3.46. The number of halogens is 1. The molecule has 2 aliphatic carbocycles. The fourth-order valence-electron chi connectivity index (χ4n) is 3.74. The topological polar surface area (TPSA) is 26.3 Å². The molecule has 3 rings (SSSR count). The zero-order chi connectivity index (χ0) is 13.4. The van der Waals surface area contributed by atoms with Crippen LogP contribution in [0.2, 0.25) is 0 Å². The number of hydrogen-bond acceptors (Lipinski definition) is 2. The highest BCUT2D eigenvalue weighted by atomic mass is 79.9. The SMILES string of the molecule is CCOc1ccc(Br)cc1C(=O)C1CC2CCC1C2. The summed E-state index contributed by atoms with van der Waals surface area (Å²) in [5.74, 6) is 2.66. The fourth-order valence-corrected chi connectivity index (χ4v) is 4.10. The maximum absolute atomic E-state index is 12.8. The number of carbonyl (C=O) groups is 1. The summed E-state index contributed by atoms with van der Waals surface area (Å²) < 4.78 is 6.56. The van der Waals surface area contributed by atoms with Crippen LogP contribution in [0.25, 0.3) is 0 Å². The second-order valence-corrected chi connectivity index (χ2v) is 6.63. The number of rotatable bonds is 4. The first-order valence-electron chi connectivity index (χ1n) is 7.15. The van der Waals surface area contributed by atoms with Crippen molar-refractivity contribution in [1.82, 2.24) is 0 Å². The molecule has 0 spiro atoms. The number of benzene rings is 1. The Balaban J connectivity index is 1.88. The molecule has 102 valence electrons. The predicted octanol–water partition coefficient (Wildman–Crippen LogP) is 4.47. The van der Waals surface area contributed by atoms with E-state index in [1.165, 1.54) is 19.3 Å². The summed E-state index contributed by atoms with van der Waals surface area (Å²) in [5, 5.41) is 0. The molecule has 3 unspecified atom stereocenters. The van der Waals surface area contributed by atoms with Crippen LogP contribution in [0, 0.1) is 17.8 Å². The lowest BCUT2D eigenvalue weighted by Gasteiger charge is -2.21. The van der Waals surface area contributed by atoms with Crippen LogP contribution >= 0.6 is 15.9 Å². The lowest BCUT2D eigenvalue weighted by Crippen LogP contribution is -2.21. The molecule has 2 bridgehead atoms. The first kappa shape index (κ1) is 13.2. The van der Waals surface area contributed by atoms with Gasteiger partial charge < -0.3 is 4.74 Å². The van der Waals surface area contributed by atoms with Gasteiger partial charge in [-0.05, 0) is 56.2 Å². The Bertz CT molecular complexity index is 498. The molecule has 0 aromatic heterocycles. The maximum Gasteiger partial charge on any atom is 0.169 e. The molecule has 1 aromatic carbocycles. The van der Waals surface area contributed by atoms with Gasteiger partial charge in [0.25, 0.3) is 0 Å². The largest absolute Gasteiger partial charge is 0.493 e. The first-order chi connectivity index (χ1) is 9.19. The molecular weight excluding hydrogens is 304 g/mol. The molecule has 19 heavy (non-hydrogen) atoms. The highest BCUT2D eigenvalue weighted by molar-refractivity contribution is 9.10. The normalized spacial score (nSPS) is 28.6. The molecule has 0 aliphatic heterocycles. The molecule has 2 nitrogen and oxygen atoms in total. The average molecular weight is 323 g/mol. The van der Waals surface area contributed by atoms with E-state index in [2.05, 4.69) is 15.9 Å². The number of ether oxygens (including phenoxy) is 1. The number of Topliss-reactive ketones (excluding diaryl/α,β-unsaturated/α-hetero) is 1. The summed E-state index contributed by atoms with van der Waals surface area (Å²) in [5.41, 5.74) is 0.758. The Morgan fingerprint density at radius 1 is 1.37 bits per heavy atom. The Kier molecular flexibility index (Phi) is 3.66. The first-order valence-corrected chi connectivity index (χ1v) is 7.95. The number of carbonyl (C=O) groups excluding carboxylic acids is 1. The van der Waals surface area contributed by atoms with Gasteiger partial charge in [0.2, 0.25) is 0 Å². The van der Waals surface area contributed by atoms with Crippen molar-refractivity contribution < 1.29 is 9.53 Å². The van der Waals surface area contributed by atoms with Crippen molar-refractivity contribution in [3.63, 3.8) is 0 Å². The quantitative estimate of drug-likeness (QED) is 0.764. The molecule has 2 fully saturated rings. The molecule has 0 heterocycles. The third-order valence-electron chi connectivity index (χ3n) is 4.58. The van der Waals surface area contributed by atoms with E-state index < -0.39 is 0 Å². The number of hydrogen-bond donors (Lipinski definition) is 0. The predicted molar refractivity (Wildman–Crippen MR) is 78.6 cm³/mol. The van der Waals surface area contributed by atoms with Gasteiger partial charge in [0, 0.05) is 10.4 Å². The zero-order valence-corrected chi connectivity index (χ0v) is 12.8. The smallest absolute Gasteiger partial charge is 0.169 e. The second-order valence-electron chi connectivity index (χ2n) is 5.72. The zero-order valence-electron chi connectivity index (χ0n) is 11.2. The summed E-state index contributed by atoms with van der Waals surface area (Å²) in [7, 11) is 0. The lowest BCUT2D eigenvalue weighted by atomic mass is 9.83. The number of ketones is 1. The highest BCUT2D eigenvalue weighted by Crippen LogP contribution is 2.49. The van der Waals surface area contributed by atoms with E-state index in [1.54, 1.807) is 0 Å². The molecule has 3 heteroatoms. The van der Waals surface area contributed by atoms with E-state index in [4.69, 9.17) is 4.74 Å². The van der Waals surface area contributed by atoms with E-state index in [0.29, 0.717) is 12.5 Å². The molecule has 0 N–H and O–H groups in total. The van der Waals surface area contributed by atoms with E-state index in [1.807, 2.05) is 25.1 Å². The van der Waals surface area contributed by atoms with E-state index in [0.717, 1.165) is 28.1 Å². The minimum atomic E-state index is 0.229.